The van der Waals surface area contributed by atoms with Crippen molar-refractivity contribution in [3.05, 3.63) is 50.4 Å². The van der Waals surface area contributed by atoms with Crippen molar-refractivity contribution < 1.29 is 9.47 Å². The highest BCUT2D eigenvalue weighted by atomic mass is 79.9. The maximum atomic E-state index is 6.24. The van der Waals surface area contributed by atoms with Crippen molar-refractivity contribution in [1.29, 1.82) is 0 Å². The molecule has 1 heterocycles. The minimum absolute atomic E-state index is 0.0238. The molecule has 2 aromatic carbocycles. The van der Waals surface area contributed by atoms with Gasteiger partial charge in [-0.2, -0.15) is 0 Å². The van der Waals surface area contributed by atoms with Crippen molar-refractivity contribution >= 4 is 44.8 Å². The Hall–Kier alpha value is -1.10. The van der Waals surface area contributed by atoms with Crippen LogP contribution in [0.2, 0.25) is 10.0 Å². The summed E-state index contributed by atoms with van der Waals surface area (Å²) >= 11 is 15.8. The molecule has 3 rings (SSSR count). The van der Waals surface area contributed by atoms with Crippen LogP contribution in [-0.4, -0.2) is 6.79 Å². The number of hydrogen-bond donors (Lipinski definition) is 1. The maximum absolute atomic E-state index is 6.24. The Morgan fingerprint density at radius 2 is 1.76 bits per heavy atom. The molecule has 1 atom stereocenters. The molecule has 0 fully saturated rings. The molecule has 21 heavy (non-hydrogen) atoms. The van der Waals surface area contributed by atoms with E-state index in [0.29, 0.717) is 15.7 Å². The van der Waals surface area contributed by atoms with Gasteiger partial charge >= 0.3 is 0 Å². The third-order valence-electron chi connectivity index (χ3n) is 3.26. The van der Waals surface area contributed by atoms with Gasteiger partial charge in [-0.15, -0.1) is 0 Å². The summed E-state index contributed by atoms with van der Waals surface area (Å²) in [5.74, 6) is 1.53. The second kappa shape index (κ2) is 5.95. The van der Waals surface area contributed by atoms with Gasteiger partial charge in [0.15, 0.2) is 11.5 Å². The lowest BCUT2D eigenvalue weighted by molar-refractivity contribution is 0.174. The molecule has 1 unspecified atom stereocenters. The van der Waals surface area contributed by atoms with Crippen molar-refractivity contribution in [2.45, 2.75) is 13.0 Å². The Bertz CT molecular complexity index is 670. The molecule has 0 amide bonds. The maximum Gasteiger partial charge on any atom is 0.231 e. The number of ether oxygens (including phenoxy) is 2. The molecule has 2 aromatic rings. The number of halogens is 3. The molecule has 0 bridgehead atoms. The average molecular weight is 389 g/mol. The number of fused-ring (bicyclic) bond motifs is 1. The van der Waals surface area contributed by atoms with Crippen LogP contribution in [0.1, 0.15) is 18.5 Å². The van der Waals surface area contributed by atoms with Gasteiger partial charge in [-0.1, -0.05) is 45.2 Å². The highest BCUT2D eigenvalue weighted by Gasteiger charge is 2.17. The SMILES string of the molecule is CC(Nc1c(Cl)cc(Br)cc1Cl)c1ccc2c(c1)OCO2. The van der Waals surface area contributed by atoms with Crippen molar-refractivity contribution in [2.75, 3.05) is 12.1 Å². The highest BCUT2D eigenvalue weighted by molar-refractivity contribution is 9.10. The Labute approximate surface area is 141 Å². The zero-order chi connectivity index (χ0) is 15.0. The quantitative estimate of drug-likeness (QED) is 0.735. The van der Waals surface area contributed by atoms with Gasteiger partial charge < -0.3 is 14.8 Å². The molecular weight excluding hydrogens is 377 g/mol. The molecule has 6 heteroatoms. The summed E-state index contributed by atoms with van der Waals surface area (Å²) in [6.07, 6.45) is 0. The minimum atomic E-state index is 0.0238. The van der Waals surface area contributed by atoms with E-state index >= 15 is 0 Å². The van der Waals surface area contributed by atoms with Crippen LogP contribution >= 0.6 is 39.1 Å². The van der Waals surface area contributed by atoms with Crippen molar-refractivity contribution in [3.8, 4) is 11.5 Å². The molecule has 110 valence electrons. The van der Waals surface area contributed by atoms with E-state index in [1.807, 2.05) is 37.3 Å². The third-order valence-corrected chi connectivity index (χ3v) is 4.32. The summed E-state index contributed by atoms with van der Waals surface area (Å²) in [5.41, 5.74) is 1.78. The van der Waals surface area contributed by atoms with Crippen LogP contribution in [0.15, 0.2) is 34.8 Å². The normalized spacial score (nSPS) is 14.1. The van der Waals surface area contributed by atoms with Crippen LogP contribution in [0.3, 0.4) is 0 Å². The molecule has 1 aliphatic rings. The Morgan fingerprint density at radius 3 is 2.48 bits per heavy atom. The largest absolute Gasteiger partial charge is 0.454 e. The predicted molar refractivity (Wildman–Crippen MR) is 88.8 cm³/mol. The predicted octanol–water partition coefficient (Wildman–Crippen LogP) is 5.66. The lowest BCUT2D eigenvalue weighted by Gasteiger charge is -2.18. The molecule has 1 aliphatic heterocycles. The van der Waals surface area contributed by atoms with Crippen LogP contribution in [-0.2, 0) is 0 Å². The summed E-state index contributed by atoms with van der Waals surface area (Å²) in [6, 6.07) is 9.49. The molecule has 0 spiro atoms. The van der Waals surface area contributed by atoms with E-state index in [1.165, 1.54) is 0 Å². The summed E-state index contributed by atoms with van der Waals surface area (Å²) in [6.45, 7) is 2.30. The zero-order valence-electron chi connectivity index (χ0n) is 11.1. The van der Waals surface area contributed by atoms with E-state index in [2.05, 4.69) is 21.2 Å². The van der Waals surface area contributed by atoms with E-state index in [1.54, 1.807) is 0 Å². The van der Waals surface area contributed by atoms with E-state index < -0.39 is 0 Å². The molecular formula is C15H12BrCl2NO2. The highest BCUT2D eigenvalue weighted by Crippen LogP contribution is 2.38. The van der Waals surface area contributed by atoms with Crippen LogP contribution < -0.4 is 14.8 Å². The standard InChI is InChI=1S/C15H12BrCl2NO2/c1-8(9-2-3-13-14(4-9)21-7-20-13)19-15-11(17)5-10(16)6-12(15)18/h2-6,8,19H,7H2,1H3. The Balaban J connectivity index is 1.85. The van der Waals surface area contributed by atoms with E-state index in [-0.39, 0.29) is 12.8 Å². The van der Waals surface area contributed by atoms with Gasteiger partial charge in [0.05, 0.1) is 15.7 Å². The summed E-state index contributed by atoms with van der Waals surface area (Å²) in [4.78, 5) is 0. The molecule has 0 saturated heterocycles. The van der Waals surface area contributed by atoms with E-state index in [0.717, 1.165) is 21.5 Å². The summed E-state index contributed by atoms with van der Waals surface area (Å²) in [5, 5.41) is 4.47. The molecule has 0 saturated carbocycles. The second-order valence-electron chi connectivity index (χ2n) is 4.72. The van der Waals surface area contributed by atoms with Gasteiger partial charge in [0.2, 0.25) is 6.79 Å². The second-order valence-corrected chi connectivity index (χ2v) is 6.45. The van der Waals surface area contributed by atoms with Gasteiger partial charge in [-0.3, -0.25) is 0 Å². The van der Waals surface area contributed by atoms with Crippen LogP contribution in [0.4, 0.5) is 5.69 Å². The lowest BCUT2D eigenvalue weighted by atomic mass is 10.1. The summed E-state index contributed by atoms with van der Waals surface area (Å²) < 4.78 is 11.6. The molecule has 3 nitrogen and oxygen atoms in total. The molecule has 0 aliphatic carbocycles. The fraction of sp³-hybridized carbons (Fsp3) is 0.200. The van der Waals surface area contributed by atoms with Crippen LogP contribution in [0, 0.1) is 0 Å². The van der Waals surface area contributed by atoms with Gasteiger partial charge in [-0.25, -0.2) is 0 Å². The van der Waals surface area contributed by atoms with Gasteiger partial charge in [0.25, 0.3) is 0 Å². The number of anilines is 1. The van der Waals surface area contributed by atoms with Gasteiger partial charge in [0, 0.05) is 10.5 Å². The fourth-order valence-corrected chi connectivity index (χ4v) is 3.48. The summed E-state index contributed by atoms with van der Waals surface area (Å²) in [7, 11) is 0. The third kappa shape index (κ3) is 3.07. The molecule has 0 radical (unpaired) electrons. The number of nitrogens with one attached hydrogen (secondary N) is 1. The number of hydrogen-bond acceptors (Lipinski definition) is 3. The van der Waals surface area contributed by atoms with Crippen molar-refractivity contribution in [2.24, 2.45) is 0 Å². The molecule has 0 aromatic heterocycles. The first-order valence-corrected chi connectivity index (χ1v) is 7.90. The van der Waals surface area contributed by atoms with E-state index in [9.17, 15) is 0 Å². The monoisotopic (exact) mass is 387 g/mol. The number of rotatable bonds is 3. The van der Waals surface area contributed by atoms with Crippen molar-refractivity contribution in [1.82, 2.24) is 0 Å². The van der Waals surface area contributed by atoms with Crippen LogP contribution in [0.5, 0.6) is 11.5 Å². The van der Waals surface area contributed by atoms with Gasteiger partial charge in [-0.05, 0) is 36.8 Å². The Kier molecular flexibility index (Phi) is 4.20. The minimum Gasteiger partial charge on any atom is -0.454 e. The smallest absolute Gasteiger partial charge is 0.231 e. The fourth-order valence-electron chi connectivity index (χ4n) is 2.16. The van der Waals surface area contributed by atoms with E-state index in [4.69, 9.17) is 32.7 Å². The number of benzene rings is 2. The first-order chi connectivity index (χ1) is 10.0. The average Bonchev–Trinajstić information content (AvgIpc) is 2.89. The van der Waals surface area contributed by atoms with Gasteiger partial charge in [0.1, 0.15) is 0 Å². The Morgan fingerprint density at radius 1 is 1.10 bits per heavy atom. The lowest BCUT2D eigenvalue weighted by Crippen LogP contribution is -2.07. The van der Waals surface area contributed by atoms with Crippen LogP contribution in [0.25, 0.3) is 0 Å². The zero-order valence-corrected chi connectivity index (χ0v) is 14.2. The topological polar surface area (TPSA) is 30.5 Å². The van der Waals surface area contributed by atoms with Crippen molar-refractivity contribution in [3.63, 3.8) is 0 Å². The first kappa shape index (κ1) is 14.8. The first-order valence-electron chi connectivity index (χ1n) is 6.35. The molecule has 1 N–H and O–H groups in total.